The molecule has 1 saturated heterocycles. The van der Waals surface area contributed by atoms with E-state index in [0.29, 0.717) is 17.7 Å². The minimum Gasteiger partial charge on any atom is -0.319 e. The second-order valence-electron chi connectivity index (χ2n) is 2.48. The van der Waals surface area contributed by atoms with Gasteiger partial charge in [-0.3, -0.25) is 9.59 Å². The Hall–Kier alpha value is -1.82. The number of hydrogen-bond donors (Lipinski definition) is 1. The lowest BCUT2D eigenvalue weighted by molar-refractivity contribution is -0.133. The Kier molecular flexibility index (Phi) is 1.34. The fourth-order valence-corrected chi connectivity index (χ4v) is 1.13. The zero-order chi connectivity index (χ0) is 8.55. The number of fused-ring (bicyclic) bond motifs is 1. The molecule has 1 fully saturated rings. The molecule has 1 aliphatic heterocycles. The van der Waals surface area contributed by atoms with Crippen molar-refractivity contribution in [3.8, 4) is 11.8 Å². The Balaban J connectivity index is 2.52. The molecule has 0 bridgehead atoms. The predicted octanol–water partition coefficient (Wildman–Crippen LogP) is -0.0973. The molecular formula is C9H5NO2. The molecule has 0 aromatic heterocycles. The van der Waals surface area contributed by atoms with E-state index < -0.39 is 11.7 Å². The van der Waals surface area contributed by atoms with Gasteiger partial charge in [0.25, 0.3) is 11.7 Å². The van der Waals surface area contributed by atoms with Gasteiger partial charge in [0.2, 0.25) is 0 Å². The SMILES string of the molecule is O=C1NC2=CCC#CC=C2C1=O. The van der Waals surface area contributed by atoms with Gasteiger partial charge in [0, 0.05) is 12.5 Å². The van der Waals surface area contributed by atoms with Crippen LogP contribution in [0.25, 0.3) is 0 Å². The van der Waals surface area contributed by atoms with E-state index in [2.05, 4.69) is 17.2 Å². The summed E-state index contributed by atoms with van der Waals surface area (Å²) >= 11 is 0. The van der Waals surface area contributed by atoms with E-state index in [-0.39, 0.29) is 0 Å². The zero-order valence-electron chi connectivity index (χ0n) is 6.18. The van der Waals surface area contributed by atoms with Gasteiger partial charge in [0.15, 0.2) is 0 Å². The van der Waals surface area contributed by atoms with Crippen LogP contribution in [0.4, 0.5) is 0 Å². The summed E-state index contributed by atoms with van der Waals surface area (Å²) in [5.41, 5.74) is 0.979. The smallest absolute Gasteiger partial charge is 0.296 e. The Labute approximate surface area is 69.1 Å². The zero-order valence-corrected chi connectivity index (χ0v) is 6.18. The van der Waals surface area contributed by atoms with Gasteiger partial charge in [-0.15, -0.1) is 0 Å². The summed E-state index contributed by atoms with van der Waals surface area (Å²) < 4.78 is 0. The van der Waals surface area contributed by atoms with Crippen molar-refractivity contribution >= 4 is 11.7 Å². The molecule has 0 atom stereocenters. The molecule has 1 N–H and O–H groups in total. The number of nitrogens with one attached hydrogen (secondary N) is 1. The average molecular weight is 159 g/mol. The Morgan fingerprint density at radius 2 is 2.25 bits per heavy atom. The van der Waals surface area contributed by atoms with Crippen LogP contribution in [0.15, 0.2) is 23.4 Å². The molecule has 2 rings (SSSR count). The summed E-state index contributed by atoms with van der Waals surface area (Å²) in [5.74, 6) is 4.45. The quantitative estimate of drug-likeness (QED) is 0.396. The van der Waals surface area contributed by atoms with Gasteiger partial charge >= 0.3 is 0 Å². The van der Waals surface area contributed by atoms with Crippen molar-refractivity contribution in [2.45, 2.75) is 6.42 Å². The van der Waals surface area contributed by atoms with Crippen molar-refractivity contribution in [2.24, 2.45) is 0 Å². The Morgan fingerprint density at radius 3 is 3.08 bits per heavy atom. The molecule has 2 aliphatic rings. The molecule has 58 valence electrons. The molecule has 0 spiro atoms. The van der Waals surface area contributed by atoms with Crippen LogP contribution in [0.5, 0.6) is 0 Å². The van der Waals surface area contributed by atoms with Crippen LogP contribution in [-0.4, -0.2) is 11.7 Å². The minimum absolute atomic E-state index is 0.394. The number of hydrogen-bond acceptors (Lipinski definition) is 2. The number of carbonyl (C=O) groups excluding carboxylic acids is 2. The highest BCUT2D eigenvalue weighted by molar-refractivity contribution is 6.47. The van der Waals surface area contributed by atoms with Crippen LogP contribution in [0, 0.1) is 11.8 Å². The van der Waals surface area contributed by atoms with E-state index in [4.69, 9.17) is 0 Å². The monoisotopic (exact) mass is 159 g/mol. The van der Waals surface area contributed by atoms with Gasteiger partial charge in [-0.1, -0.05) is 11.8 Å². The molecule has 0 aromatic carbocycles. The fourth-order valence-electron chi connectivity index (χ4n) is 1.13. The van der Waals surface area contributed by atoms with Crippen molar-refractivity contribution in [2.75, 3.05) is 0 Å². The van der Waals surface area contributed by atoms with E-state index in [9.17, 15) is 9.59 Å². The van der Waals surface area contributed by atoms with Crippen LogP contribution >= 0.6 is 0 Å². The highest BCUT2D eigenvalue weighted by Crippen LogP contribution is 2.16. The highest BCUT2D eigenvalue weighted by Gasteiger charge is 2.30. The van der Waals surface area contributed by atoms with E-state index in [1.165, 1.54) is 6.08 Å². The van der Waals surface area contributed by atoms with Gasteiger partial charge in [-0.2, -0.15) is 0 Å². The van der Waals surface area contributed by atoms with E-state index in [1.807, 2.05) is 0 Å². The Bertz CT molecular complexity index is 390. The number of carbonyl (C=O) groups is 2. The summed E-state index contributed by atoms with van der Waals surface area (Å²) in [5, 5.41) is 2.47. The lowest BCUT2D eigenvalue weighted by atomic mass is 10.1. The van der Waals surface area contributed by atoms with E-state index in [0.717, 1.165) is 0 Å². The van der Waals surface area contributed by atoms with Crippen molar-refractivity contribution in [1.82, 2.24) is 5.32 Å². The third-order valence-corrected chi connectivity index (χ3v) is 1.72. The third-order valence-electron chi connectivity index (χ3n) is 1.72. The van der Waals surface area contributed by atoms with E-state index >= 15 is 0 Å². The molecule has 0 saturated carbocycles. The average Bonchev–Trinajstić information content (AvgIpc) is 2.30. The molecule has 0 radical (unpaired) electrons. The molecule has 1 amide bonds. The first kappa shape index (κ1) is 6.86. The second kappa shape index (κ2) is 2.35. The first-order valence-corrected chi connectivity index (χ1v) is 3.54. The summed E-state index contributed by atoms with van der Waals surface area (Å²) in [6.07, 6.45) is 3.80. The second-order valence-corrected chi connectivity index (χ2v) is 2.48. The molecule has 1 aliphatic carbocycles. The summed E-state index contributed by atoms with van der Waals surface area (Å²) in [6.45, 7) is 0. The van der Waals surface area contributed by atoms with Crippen LogP contribution in [0.1, 0.15) is 6.42 Å². The van der Waals surface area contributed by atoms with Crippen molar-refractivity contribution in [1.29, 1.82) is 0 Å². The van der Waals surface area contributed by atoms with Gasteiger partial charge in [-0.05, 0) is 6.08 Å². The summed E-state index contributed by atoms with van der Waals surface area (Å²) in [6, 6.07) is 0. The third kappa shape index (κ3) is 0.857. The predicted molar refractivity (Wildman–Crippen MR) is 41.7 cm³/mol. The van der Waals surface area contributed by atoms with Gasteiger partial charge in [0.05, 0.1) is 11.3 Å². The maximum atomic E-state index is 11.1. The molecule has 0 aromatic rings. The number of Topliss-reactive ketones (excluding diaryl/α,β-unsaturated/α-hetero) is 1. The van der Waals surface area contributed by atoms with Crippen LogP contribution in [-0.2, 0) is 9.59 Å². The topological polar surface area (TPSA) is 46.2 Å². The number of ketones is 1. The van der Waals surface area contributed by atoms with E-state index in [1.54, 1.807) is 6.08 Å². The number of amides is 1. The number of rotatable bonds is 0. The highest BCUT2D eigenvalue weighted by atomic mass is 16.2. The Morgan fingerprint density at radius 1 is 1.42 bits per heavy atom. The summed E-state index contributed by atoms with van der Waals surface area (Å²) in [7, 11) is 0. The van der Waals surface area contributed by atoms with Gasteiger partial charge in [0.1, 0.15) is 0 Å². The largest absolute Gasteiger partial charge is 0.319 e. The van der Waals surface area contributed by atoms with Crippen molar-refractivity contribution in [3.05, 3.63) is 23.4 Å². The number of allylic oxidation sites excluding steroid dienone is 3. The minimum atomic E-state index is -0.559. The molecule has 3 heteroatoms. The molecule has 12 heavy (non-hydrogen) atoms. The standard InChI is InChI=1S/C9H5NO2/c11-8-6-4-2-1-3-5-7(6)10-9(8)12/h4-5H,3H2,(H,10,12). The van der Waals surface area contributed by atoms with Crippen molar-refractivity contribution in [3.63, 3.8) is 0 Å². The van der Waals surface area contributed by atoms with Crippen molar-refractivity contribution < 1.29 is 9.59 Å². The fraction of sp³-hybridized carbons (Fsp3) is 0.111. The first-order valence-electron chi connectivity index (χ1n) is 3.54. The first-order chi connectivity index (χ1) is 5.79. The lowest BCUT2D eigenvalue weighted by Crippen LogP contribution is -2.17. The normalized spacial score (nSPS) is 19.7. The van der Waals surface area contributed by atoms with Gasteiger partial charge in [-0.25, -0.2) is 0 Å². The molecule has 3 nitrogen and oxygen atoms in total. The maximum Gasteiger partial charge on any atom is 0.296 e. The summed E-state index contributed by atoms with van der Waals surface area (Å²) in [4.78, 5) is 22.0. The van der Waals surface area contributed by atoms with Crippen LogP contribution in [0.3, 0.4) is 0 Å². The maximum absolute atomic E-state index is 11.1. The molecular weight excluding hydrogens is 154 g/mol. The molecule has 1 heterocycles. The van der Waals surface area contributed by atoms with Gasteiger partial charge < -0.3 is 5.32 Å². The van der Waals surface area contributed by atoms with Crippen LogP contribution < -0.4 is 5.32 Å². The molecule has 0 unspecified atom stereocenters. The van der Waals surface area contributed by atoms with Crippen LogP contribution in [0.2, 0.25) is 0 Å². The lowest BCUT2D eigenvalue weighted by Gasteiger charge is -1.92.